The molecule has 1 heterocycles. The maximum absolute atomic E-state index is 12.1. The molecule has 2 aromatic rings. The fraction of sp³-hybridized carbons (Fsp3) is 0.267. The van der Waals surface area contributed by atoms with Crippen LogP contribution >= 0.6 is 11.3 Å². The molecule has 0 saturated carbocycles. The molecule has 0 aliphatic rings. The minimum atomic E-state index is -0.164. The summed E-state index contributed by atoms with van der Waals surface area (Å²) in [6.45, 7) is 0.549. The lowest BCUT2D eigenvalue weighted by Gasteiger charge is -2.04. The van der Waals surface area contributed by atoms with Crippen LogP contribution in [-0.4, -0.2) is 19.6 Å². The van der Waals surface area contributed by atoms with Crippen LogP contribution in [0.4, 0.5) is 5.69 Å². The highest BCUT2D eigenvalue weighted by Gasteiger charge is 2.18. The van der Waals surface area contributed by atoms with Crippen molar-refractivity contribution < 1.29 is 9.53 Å². The van der Waals surface area contributed by atoms with Crippen molar-refractivity contribution in [1.82, 2.24) is 5.32 Å². The summed E-state index contributed by atoms with van der Waals surface area (Å²) in [7, 11) is 1.59. The molecule has 2 rings (SSSR count). The molecule has 3 N–H and O–H groups in total. The van der Waals surface area contributed by atoms with Crippen LogP contribution in [0.2, 0.25) is 0 Å². The van der Waals surface area contributed by atoms with Crippen molar-refractivity contribution in [2.75, 3.05) is 19.4 Å². The SMILES string of the molecule is C#CCCCNC(=O)c1sc2cccc(OC)c2c1N. The summed E-state index contributed by atoms with van der Waals surface area (Å²) in [6, 6.07) is 5.64. The lowest BCUT2D eigenvalue weighted by Crippen LogP contribution is -2.24. The third-order valence-electron chi connectivity index (χ3n) is 2.92. The largest absolute Gasteiger partial charge is 0.496 e. The number of carbonyl (C=O) groups excluding carboxylic acids is 1. The van der Waals surface area contributed by atoms with E-state index in [0.29, 0.717) is 29.3 Å². The number of thiophene rings is 1. The molecular formula is C15H16N2O2S. The van der Waals surface area contributed by atoms with E-state index >= 15 is 0 Å². The summed E-state index contributed by atoms with van der Waals surface area (Å²) in [5, 5.41) is 3.63. The maximum Gasteiger partial charge on any atom is 0.263 e. The summed E-state index contributed by atoms with van der Waals surface area (Å²) in [5.41, 5.74) is 6.55. The fourth-order valence-electron chi connectivity index (χ4n) is 1.95. The molecule has 0 fully saturated rings. The Bertz CT molecular complexity index is 670. The van der Waals surface area contributed by atoms with Crippen LogP contribution in [0.25, 0.3) is 10.1 Å². The zero-order chi connectivity index (χ0) is 14.5. The number of benzene rings is 1. The molecule has 0 aliphatic carbocycles. The second kappa shape index (κ2) is 6.31. The van der Waals surface area contributed by atoms with Gasteiger partial charge >= 0.3 is 0 Å². The number of hydrogen-bond donors (Lipinski definition) is 2. The van der Waals surface area contributed by atoms with E-state index in [0.717, 1.165) is 16.5 Å². The maximum atomic E-state index is 12.1. The highest BCUT2D eigenvalue weighted by Crippen LogP contribution is 2.39. The van der Waals surface area contributed by atoms with Gasteiger partial charge in [-0.1, -0.05) is 6.07 Å². The van der Waals surface area contributed by atoms with Crippen LogP contribution in [0, 0.1) is 12.3 Å². The molecule has 104 valence electrons. The molecule has 0 spiro atoms. The number of fused-ring (bicyclic) bond motifs is 1. The van der Waals surface area contributed by atoms with Crippen LogP contribution in [0.5, 0.6) is 5.75 Å². The number of methoxy groups -OCH3 is 1. The van der Waals surface area contributed by atoms with Gasteiger partial charge in [-0.25, -0.2) is 0 Å². The van der Waals surface area contributed by atoms with E-state index in [2.05, 4.69) is 11.2 Å². The molecule has 0 saturated heterocycles. The Morgan fingerprint density at radius 1 is 1.55 bits per heavy atom. The molecule has 5 heteroatoms. The smallest absolute Gasteiger partial charge is 0.263 e. The minimum Gasteiger partial charge on any atom is -0.496 e. The average molecular weight is 288 g/mol. The molecule has 4 nitrogen and oxygen atoms in total. The van der Waals surface area contributed by atoms with Crippen molar-refractivity contribution in [1.29, 1.82) is 0 Å². The number of nitrogens with two attached hydrogens (primary N) is 1. The molecule has 0 radical (unpaired) electrons. The van der Waals surface area contributed by atoms with E-state index in [4.69, 9.17) is 16.9 Å². The van der Waals surface area contributed by atoms with Crippen LogP contribution in [-0.2, 0) is 0 Å². The molecule has 20 heavy (non-hydrogen) atoms. The topological polar surface area (TPSA) is 64.3 Å². The zero-order valence-electron chi connectivity index (χ0n) is 11.2. The molecule has 1 aromatic carbocycles. The first-order chi connectivity index (χ1) is 9.69. The van der Waals surface area contributed by atoms with Gasteiger partial charge in [0.2, 0.25) is 0 Å². The lowest BCUT2D eigenvalue weighted by molar-refractivity contribution is 0.0958. The van der Waals surface area contributed by atoms with Gasteiger partial charge in [0.15, 0.2) is 0 Å². The van der Waals surface area contributed by atoms with E-state index in [-0.39, 0.29) is 5.91 Å². The lowest BCUT2D eigenvalue weighted by atomic mass is 10.2. The van der Waals surface area contributed by atoms with E-state index in [1.807, 2.05) is 18.2 Å². The monoisotopic (exact) mass is 288 g/mol. The molecule has 1 aromatic heterocycles. The predicted octanol–water partition coefficient (Wildman–Crippen LogP) is 2.64. The number of nitrogens with one attached hydrogen (secondary N) is 1. The van der Waals surface area contributed by atoms with Crippen LogP contribution in [0.3, 0.4) is 0 Å². The van der Waals surface area contributed by atoms with Gasteiger partial charge in [0.1, 0.15) is 10.6 Å². The Balaban J connectivity index is 2.25. The highest BCUT2D eigenvalue weighted by atomic mass is 32.1. The second-order valence-corrected chi connectivity index (χ2v) is 5.29. The van der Waals surface area contributed by atoms with Gasteiger partial charge < -0.3 is 15.8 Å². The predicted molar refractivity (Wildman–Crippen MR) is 83.2 cm³/mol. The highest BCUT2D eigenvalue weighted by molar-refractivity contribution is 7.21. The Hall–Kier alpha value is -2.19. The Labute approximate surface area is 121 Å². The van der Waals surface area contributed by atoms with E-state index < -0.39 is 0 Å². The van der Waals surface area contributed by atoms with Crippen molar-refractivity contribution >= 4 is 33.0 Å². The molecule has 0 aliphatic heterocycles. The van der Waals surface area contributed by atoms with E-state index in [9.17, 15) is 4.79 Å². The molecule has 0 unspecified atom stereocenters. The third-order valence-corrected chi connectivity index (χ3v) is 4.09. The quantitative estimate of drug-likeness (QED) is 0.656. The normalized spacial score (nSPS) is 10.2. The van der Waals surface area contributed by atoms with Gasteiger partial charge in [-0.3, -0.25) is 4.79 Å². The molecule has 1 amide bonds. The van der Waals surface area contributed by atoms with Crippen LogP contribution in [0.1, 0.15) is 22.5 Å². The molecule has 0 bridgehead atoms. The standard InChI is InChI=1S/C15H16N2O2S/c1-3-4-5-9-17-15(18)14-13(16)12-10(19-2)7-6-8-11(12)20-14/h1,6-8H,4-5,9,16H2,2H3,(H,17,18). The van der Waals surface area contributed by atoms with Crippen molar-refractivity contribution in [2.24, 2.45) is 0 Å². The average Bonchev–Trinajstić information content (AvgIpc) is 2.81. The second-order valence-electron chi connectivity index (χ2n) is 4.24. The summed E-state index contributed by atoms with van der Waals surface area (Å²) < 4.78 is 6.23. The van der Waals surface area contributed by atoms with Gasteiger partial charge in [-0.2, -0.15) is 0 Å². The Morgan fingerprint density at radius 3 is 3.05 bits per heavy atom. The van der Waals surface area contributed by atoms with Crippen LogP contribution < -0.4 is 15.8 Å². The van der Waals surface area contributed by atoms with Crippen molar-refractivity contribution in [3.05, 3.63) is 23.1 Å². The number of terminal acetylenes is 1. The first-order valence-corrected chi connectivity index (χ1v) is 7.07. The van der Waals surface area contributed by atoms with Gasteiger partial charge in [0, 0.05) is 17.7 Å². The number of amides is 1. The molecule has 0 atom stereocenters. The summed E-state index contributed by atoms with van der Waals surface area (Å²) >= 11 is 1.37. The summed E-state index contributed by atoms with van der Waals surface area (Å²) in [6.07, 6.45) is 6.58. The number of nitrogen functional groups attached to an aromatic ring is 1. The van der Waals surface area contributed by atoms with Crippen molar-refractivity contribution in [3.8, 4) is 18.1 Å². The summed E-state index contributed by atoms with van der Waals surface area (Å²) in [5.74, 6) is 3.06. The summed E-state index contributed by atoms with van der Waals surface area (Å²) in [4.78, 5) is 12.6. The number of carbonyl (C=O) groups is 1. The number of ether oxygens (including phenoxy) is 1. The van der Waals surface area contributed by atoms with Gasteiger partial charge in [0.05, 0.1) is 18.2 Å². The number of anilines is 1. The van der Waals surface area contributed by atoms with E-state index in [1.165, 1.54) is 11.3 Å². The Kier molecular flexibility index (Phi) is 4.49. The van der Waals surface area contributed by atoms with Gasteiger partial charge in [-0.05, 0) is 18.6 Å². The van der Waals surface area contributed by atoms with E-state index in [1.54, 1.807) is 7.11 Å². The van der Waals surface area contributed by atoms with Crippen molar-refractivity contribution in [2.45, 2.75) is 12.8 Å². The number of rotatable bonds is 5. The number of hydrogen-bond acceptors (Lipinski definition) is 4. The minimum absolute atomic E-state index is 0.164. The van der Waals surface area contributed by atoms with Crippen molar-refractivity contribution in [3.63, 3.8) is 0 Å². The third kappa shape index (κ3) is 2.70. The first kappa shape index (κ1) is 14.2. The van der Waals surface area contributed by atoms with Crippen LogP contribution in [0.15, 0.2) is 18.2 Å². The van der Waals surface area contributed by atoms with Gasteiger partial charge in [-0.15, -0.1) is 23.7 Å². The Morgan fingerprint density at radius 2 is 2.35 bits per heavy atom. The molecular weight excluding hydrogens is 272 g/mol. The number of unbranched alkanes of at least 4 members (excludes halogenated alkanes) is 1. The first-order valence-electron chi connectivity index (χ1n) is 6.25. The fourth-order valence-corrected chi connectivity index (χ4v) is 3.01. The van der Waals surface area contributed by atoms with Gasteiger partial charge in [0.25, 0.3) is 5.91 Å². The zero-order valence-corrected chi connectivity index (χ0v) is 12.0.